The number of hydrogen-bond acceptors (Lipinski definition) is 3. The van der Waals surface area contributed by atoms with Gasteiger partial charge in [0, 0.05) is 18.4 Å². The van der Waals surface area contributed by atoms with E-state index in [0.717, 1.165) is 25.9 Å². The molecule has 2 fully saturated rings. The van der Waals surface area contributed by atoms with Crippen molar-refractivity contribution in [2.75, 3.05) is 13.1 Å². The summed E-state index contributed by atoms with van der Waals surface area (Å²) in [7, 11) is 0. The van der Waals surface area contributed by atoms with E-state index < -0.39 is 0 Å². The van der Waals surface area contributed by atoms with Crippen molar-refractivity contribution in [3.63, 3.8) is 0 Å². The van der Waals surface area contributed by atoms with Gasteiger partial charge in [-0.3, -0.25) is 4.79 Å². The Bertz CT molecular complexity index is 249. The average molecular weight is 183 g/mol. The SMILES string of the molecule is [2H]N1CCC2(CC1)CC(=O)C(C)C2N. The highest BCUT2D eigenvalue weighted by Crippen LogP contribution is 2.44. The molecule has 0 radical (unpaired) electrons. The van der Waals surface area contributed by atoms with Crippen LogP contribution in [-0.2, 0) is 4.79 Å². The first-order chi connectivity index (χ1) is 6.55. The van der Waals surface area contributed by atoms with Crippen molar-refractivity contribution in [2.24, 2.45) is 17.1 Å². The van der Waals surface area contributed by atoms with E-state index in [1.54, 1.807) is 5.31 Å². The van der Waals surface area contributed by atoms with Crippen LogP contribution in [0, 0.1) is 11.3 Å². The highest BCUT2D eigenvalue weighted by molar-refractivity contribution is 5.85. The van der Waals surface area contributed by atoms with Gasteiger partial charge in [-0.2, -0.15) is 0 Å². The van der Waals surface area contributed by atoms with Gasteiger partial charge >= 0.3 is 0 Å². The van der Waals surface area contributed by atoms with Gasteiger partial charge in [0.15, 0.2) is 0 Å². The van der Waals surface area contributed by atoms with E-state index in [9.17, 15) is 4.79 Å². The summed E-state index contributed by atoms with van der Waals surface area (Å²) in [5, 5.41) is 1.57. The number of carbonyl (C=O) groups is 1. The van der Waals surface area contributed by atoms with Crippen molar-refractivity contribution in [1.82, 2.24) is 5.31 Å². The summed E-state index contributed by atoms with van der Waals surface area (Å²) in [6, 6.07) is 0.0173. The Hall–Kier alpha value is -0.410. The molecule has 2 unspecified atom stereocenters. The van der Waals surface area contributed by atoms with Crippen molar-refractivity contribution in [1.29, 1.82) is 0 Å². The molecule has 2 atom stereocenters. The van der Waals surface area contributed by atoms with Crippen LogP contribution in [0.25, 0.3) is 0 Å². The van der Waals surface area contributed by atoms with Crippen LogP contribution in [0.15, 0.2) is 0 Å². The molecule has 0 amide bonds. The number of nitrogens with two attached hydrogens (primary N) is 1. The van der Waals surface area contributed by atoms with Gasteiger partial charge in [0.2, 0.25) is 0 Å². The van der Waals surface area contributed by atoms with Crippen LogP contribution in [-0.4, -0.2) is 24.9 Å². The zero-order valence-corrected chi connectivity index (χ0v) is 8.12. The third-order valence-corrected chi connectivity index (χ3v) is 3.82. The molecule has 0 aromatic carbocycles. The maximum atomic E-state index is 11.6. The van der Waals surface area contributed by atoms with Gasteiger partial charge in [-0.25, -0.2) is 0 Å². The Labute approximate surface area is 80.5 Å². The molecule has 1 heterocycles. The number of ketones is 1. The number of hydrogen-bond donors (Lipinski definition) is 2. The van der Waals surface area contributed by atoms with Crippen LogP contribution < -0.4 is 11.0 Å². The van der Waals surface area contributed by atoms with E-state index in [4.69, 9.17) is 7.15 Å². The summed E-state index contributed by atoms with van der Waals surface area (Å²) in [6.07, 6.45) is 2.46. The molecule has 2 aliphatic rings. The lowest BCUT2D eigenvalue weighted by molar-refractivity contribution is -0.120. The van der Waals surface area contributed by atoms with Gasteiger partial charge in [-0.05, 0) is 31.3 Å². The molecule has 1 spiro atoms. The largest absolute Gasteiger partial charge is 0.327 e. The Balaban J connectivity index is 2.13. The van der Waals surface area contributed by atoms with Crippen molar-refractivity contribution in [3.05, 3.63) is 0 Å². The van der Waals surface area contributed by atoms with E-state index >= 15 is 0 Å². The summed E-state index contributed by atoms with van der Waals surface area (Å²) in [5.74, 6) is 0.336. The van der Waals surface area contributed by atoms with Gasteiger partial charge in [-0.15, -0.1) is 0 Å². The van der Waals surface area contributed by atoms with E-state index in [1.807, 2.05) is 6.92 Å². The van der Waals surface area contributed by atoms with Crippen LogP contribution in [0.3, 0.4) is 0 Å². The molecule has 3 N–H and O–H groups in total. The number of Topliss-reactive ketones (excluding diaryl/α,β-unsaturated/α-hetero) is 1. The Kier molecular flexibility index (Phi) is 1.87. The summed E-state index contributed by atoms with van der Waals surface area (Å²) in [4.78, 5) is 11.6. The molecule has 2 rings (SSSR count). The van der Waals surface area contributed by atoms with Crippen molar-refractivity contribution >= 4 is 5.78 Å². The van der Waals surface area contributed by atoms with Gasteiger partial charge in [0.25, 0.3) is 0 Å². The van der Waals surface area contributed by atoms with E-state index in [-0.39, 0.29) is 17.4 Å². The maximum absolute atomic E-state index is 11.6. The Morgan fingerprint density at radius 1 is 1.62 bits per heavy atom. The second kappa shape index (κ2) is 3.07. The predicted molar refractivity (Wildman–Crippen MR) is 51.3 cm³/mol. The van der Waals surface area contributed by atoms with Crippen LogP contribution in [0.2, 0.25) is 1.41 Å². The fourth-order valence-electron chi connectivity index (χ4n) is 2.71. The first-order valence-corrected chi connectivity index (χ1v) is 5.07. The van der Waals surface area contributed by atoms with E-state index in [0.29, 0.717) is 12.2 Å². The molecule has 3 nitrogen and oxygen atoms in total. The summed E-state index contributed by atoms with van der Waals surface area (Å²) in [5.41, 5.74) is 6.15. The molecule has 1 saturated heterocycles. The molecule has 1 aliphatic carbocycles. The predicted octanol–water partition coefficient (Wildman–Crippen LogP) is 0.292. The standard InChI is InChI=1S/C10H18N2O/c1-7-8(13)6-10(9(7)11)2-4-12-5-3-10/h7,9,12H,2-6,11H2,1H3/i/hD. The first-order valence-electron chi connectivity index (χ1n) is 5.52. The van der Waals surface area contributed by atoms with Crippen LogP contribution in [0.4, 0.5) is 0 Å². The molecule has 13 heavy (non-hydrogen) atoms. The van der Waals surface area contributed by atoms with Crippen LogP contribution in [0.1, 0.15) is 26.2 Å². The quantitative estimate of drug-likeness (QED) is 0.567. The topological polar surface area (TPSA) is 55.1 Å². The highest BCUT2D eigenvalue weighted by Gasteiger charge is 2.49. The monoisotopic (exact) mass is 183 g/mol. The van der Waals surface area contributed by atoms with Gasteiger partial charge in [0.1, 0.15) is 7.20 Å². The van der Waals surface area contributed by atoms with Crippen molar-refractivity contribution in [3.8, 4) is 0 Å². The summed E-state index contributed by atoms with van der Waals surface area (Å²) in [6.45, 7) is 3.45. The van der Waals surface area contributed by atoms with Crippen molar-refractivity contribution in [2.45, 2.75) is 32.2 Å². The maximum Gasteiger partial charge on any atom is 0.137 e. The number of carbonyl (C=O) groups excluding carboxylic acids is 1. The van der Waals surface area contributed by atoms with Crippen molar-refractivity contribution < 1.29 is 6.21 Å². The zero-order chi connectivity index (χ0) is 10.3. The smallest absolute Gasteiger partial charge is 0.137 e. The van der Waals surface area contributed by atoms with Gasteiger partial charge in [0.05, 0.1) is 0 Å². The molecular formula is C10H18N2O. The summed E-state index contributed by atoms with van der Waals surface area (Å²) < 4.78 is 7.49. The molecule has 74 valence electrons. The number of rotatable bonds is 0. The lowest BCUT2D eigenvalue weighted by atomic mass is 9.74. The molecule has 0 aromatic heterocycles. The molecule has 1 saturated carbocycles. The third-order valence-electron chi connectivity index (χ3n) is 3.82. The second-order valence-corrected chi connectivity index (χ2v) is 4.49. The number of piperidine rings is 1. The minimum Gasteiger partial charge on any atom is -0.327 e. The minimum atomic E-state index is 0.0173. The fourth-order valence-corrected chi connectivity index (χ4v) is 2.71. The lowest BCUT2D eigenvalue weighted by Gasteiger charge is -2.37. The Morgan fingerprint density at radius 3 is 2.69 bits per heavy atom. The van der Waals surface area contributed by atoms with Gasteiger partial charge in [-0.1, -0.05) is 6.92 Å². The highest BCUT2D eigenvalue weighted by atomic mass is 16.1. The normalized spacial score (nSPS) is 41.1. The molecule has 0 aromatic rings. The molecule has 0 bridgehead atoms. The lowest BCUT2D eigenvalue weighted by Crippen LogP contribution is -2.46. The van der Waals surface area contributed by atoms with Crippen LogP contribution >= 0.6 is 0 Å². The molecule has 1 aliphatic heterocycles. The zero-order valence-electron chi connectivity index (χ0n) is 9.12. The summed E-state index contributed by atoms with van der Waals surface area (Å²) >= 11 is 0. The van der Waals surface area contributed by atoms with E-state index in [2.05, 4.69) is 0 Å². The average Bonchev–Trinajstić information content (AvgIpc) is 2.37. The van der Waals surface area contributed by atoms with Gasteiger partial charge < -0.3 is 11.0 Å². The first kappa shape index (κ1) is 7.94. The minimum absolute atomic E-state index is 0.0173. The second-order valence-electron chi connectivity index (χ2n) is 4.49. The number of nitrogens with one attached hydrogen (secondary N) is 1. The fraction of sp³-hybridized carbons (Fsp3) is 0.900. The van der Waals surface area contributed by atoms with E-state index in [1.165, 1.54) is 0 Å². The Morgan fingerprint density at radius 2 is 2.23 bits per heavy atom. The molecular weight excluding hydrogens is 164 g/mol. The molecule has 3 heteroatoms. The third kappa shape index (κ3) is 1.30. The van der Waals surface area contributed by atoms with Crippen LogP contribution in [0.5, 0.6) is 0 Å².